The zero-order valence-corrected chi connectivity index (χ0v) is 8.65. The van der Waals surface area contributed by atoms with Crippen LogP contribution in [-0.4, -0.2) is 13.2 Å². The molecule has 0 spiro atoms. The Labute approximate surface area is 85.0 Å². The molecule has 1 aliphatic rings. The van der Waals surface area contributed by atoms with Gasteiger partial charge in [0.25, 0.3) is 0 Å². The lowest BCUT2D eigenvalue weighted by Gasteiger charge is -2.08. The summed E-state index contributed by atoms with van der Waals surface area (Å²) in [5, 5.41) is 0. The third-order valence-corrected chi connectivity index (χ3v) is 2.41. The summed E-state index contributed by atoms with van der Waals surface area (Å²) in [6.45, 7) is 1.41. The van der Waals surface area contributed by atoms with E-state index in [-0.39, 0.29) is 6.29 Å². The first kappa shape index (κ1) is 8.47. The van der Waals surface area contributed by atoms with Crippen LogP contribution in [0.3, 0.4) is 0 Å². The van der Waals surface area contributed by atoms with Gasteiger partial charge in [0.1, 0.15) is 0 Å². The Morgan fingerprint density at radius 1 is 1.25 bits per heavy atom. The first-order chi connectivity index (χ1) is 5.86. The first-order valence-corrected chi connectivity index (χ1v) is 4.93. The molecule has 0 saturated carbocycles. The molecule has 3 heteroatoms. The molecule has 12 heavy (non-hydrogen) atoms. The van der Waals surface area contributed by atoms with E-state index < -0.39 is 0 Å². The fourth-order valence-corrected chi connectivity index (χ4v) is 1.77. The van der Waals surface area contributed by atoms with Crippen LogP contribution in [0.2, 0.25) is 0 Å². The molecule has 0 N–H and O–H groups in total. The summed E-state index contributed by atoms with van der Waals surface area (Å²) in [6.07, 6.45) is -0.139. The Hall–Kier alpha value is -0.130. The third-order valence-electron chi connectivity index (χ3n) is 1.74. The van der Waals surface area contributed by atoms with Gasteiger partial charge < -0.3 is 9.47 Å². The molecule has 1 saturated heterocycles. The van der Waals surface area contributed by atoms with Crippen molar-refractivity contribution in [1.29, 1.82) is 0 Å². The molecule has 0 unspecified atom stereocenters. The van der Waals surface area contributed by atoms with Crippen molar-refractivity contribution in [3.63, 3.8) is 0 Å². The van der Waals surface area contributed by atoms with Crippen molar-refractivity contribution in [2.45, 2.75) is 6.29 Å². The number of benzene rings is 1. The summed E-state index contributed by atoms with van der Waals surface area (Å²) in [5.41, 5.74) is 1.11. The van der Waals surface area contributed by atoms with Crippen molar-refractivity contribution in [3.8, 4) is 0 Å². The zero-order chi connectivity index (χ0) is 8.39. The summed E-state index contributed by atoms with van der Waals surface area (Å²) in [7, 11) is 0. The highest BCUT2D eigenvalue weighted by atomic mass is 127. The number of hydrogen-bond acceptors (Lipinski definition) is 2. The lowest BCUT2D eigenvalue weighted by molar-refractivity contribution is -0.0441. The largest absolute Gasteiger partial charge is 0.346 e. The minimum Gasteiger partial charge on any atom is -0.346 e. The first-order valence-electron chi connectivity index (χ1n) is 3.85. The lowest BCUT2D eigenvalue weighted by atomic mass is 10.2. The summed E-state index contributed by atoms with van der Waals surface area (Å²) in [6, 6.07) is 8.18. The van der Waals surface area contributed by atoms with Gasteiger partial charge in [-0.25, -0.2) is 0 Å². The van der Waals surface area contributed by atoms with Gasteiger partial charge in [-0.15, -0.1) is 0 Å². The van der Waals surface area contributed by atoms with Gasteiger partial charge in [-0.1, -0.05) is 12.1 Å². The van der Waals surface area contributed by atoms with E-state index in [9.17, 15) is 0 Å². The molecule has 0 bridgehead atoms. The maximum atomic E-state index is 5.37. The van der Waals surface area contributed by atoms with E-state index in [1.54, 1.807) is 0 Å². The summed E-state index contributed by atoms with van der Waals surface area (Å²) in [4.78, 5) is 0. The maximum Gasteiger partial charge on any atom is 0.184 e. The Bertz CT molecular complexity index is 269. The van der Waals surface area contributed by atoms with Crippen LogP contribution in [0.1, 0.15) is 11.9 Å². The van der Waals surface area contributed by atoms with E-state index in [2.05, 4.69) is 34.7 Å². The SMILES string of the molecule is Ic1cccc(C2OCCO2)c1. The van der Waals surface area contributed by atoms with E-state index in [0.29, 0.717) is 13.2 Å². The molecule has 2 nitrogen and oxygen atoms in total. The van der Waals surface area contributed by atoms with Crippen LogP contribution in [-0.2, 0) is 9.47 Å². The topological polar surface area (TPSA) is 18.5 Å². The Balaban J connectivity index is 2.21. The Morgan fingerprint density at radius 3 is 2.67 bits per heavy atom. The third kappa shape index (κ3) is 1.78. The van der Waals surface area contributed by atoms with Crippen molar-refractivity contribution in [1.82, 2.24) is 0 Å². The molecule has 1 fully saturated rings. The normalized spacial score (nSPS) is 18.4. The molecular formula is C9H9IO2. The monoisotopic (exact) mass is 276 g/mol. The van der Waals surface area contributed by atoms with Crippen LogP contribution in [0, 0.1) is 3.57 Å². The van der Waals surface area contributed by atoms with Gasteiger partial charge in [0.05, 0.1) is 13.2 Å². The van der Waals surface area contributed by atoms with Crippen molar-refractivity contribution < 1.29 is 9.47 Å². The molecule has 0 aliphatic carbocycles. The predicted octanol–water partition coefficient (Wildman–Crippen LogP) is 2.34. The standard InChI is InChI=1S/C9H9IO2/c10-8-3-1-2-7(6-8)9-11-4-5-12-9/h1-3,6,9H,4-5H2. The second kappa shape index (κ2) is 3.72. The fourth-order valence-electron chi connectivity index (χ4n) is 1.20. The highest BCUT2D eigenvalue weighted by Crippen LogP contribution is 2.23. The van der Waals surface area contributed by atoms with E-state index in [0.717, 1.165) is 5.56 Å². The number of halogens is 1. The Kier molecular flexibility index (Phi) is 2.63. The summed E-state index contributed by atoms with van der Waals surface area (Å²) in [5.74, 6) is 0. The minimum absolute atomic E-state index is 0.139. The van der Waals surface area contributed by atoms with E-state index in [4.69, 9.17) is 9.47 Å². The highest BCUT2D eigenvalue weighted by Gasteiger charge is 2.17. The molecule has 0 radical (unpaired) electrons. The van der Waals surface area contributed by atoms with Crippen LogP contribution in [0.25, 0.3) is 0 Å². The fraction of sp³-hybridized carbons (Fsp3) is 0.333. The van der Waals surface area contributed by atoms with E-state index in [1.807, 2.05) is 12.1 Å². The molecule has 0 atom stereocenters. The lowest BCUT2D eigenvalue weighted by Crippen LogP contribution is -1.97. The van der Waals surface area contributed by atoms with Crippen LogP contribution >= 0.6 is 22.6 Å². The molecule has 1 heterocycles. The van der Waals surface area contributed by atoms with Crippen LogP contribution < -0.4 is 0 Å². The molecule has 64 valence electrons. The van der Waals surface area contributed by atoms with E-state index >= 15 is 0 Å². The molecule has 2 rings (SSSR count). The van der Waals surface area contributed by atoms with E-state index in [1.165, 1.54) is 3.57 Å². The summed E-state index contributed by atoms with van der Waals surface area (Å²) >= 11 is 2.28. The Morgan fingerprint density at radius 2 is 2.00 bits per heavy atom. The van der Waals surface area contributed by atoms with Gasteiger partial charge in [0.15, 0.2) is 6.29 Å². The van der Waals surface area contributed by atoms with Crippen LogP contribution in [0.4, 0.5) is 0 Å². The number of rotatable bonds is 1. The van der Waals surface area contributed by atoms with Gasteiger partial charge in [0.2, 0.25) is 0 Å². The highest BCUT2D eigenvalue weighted by molar-refractivity contribution is 14.1. The molecule has 1 aliphatic heterocycles. The molecule has 1 aromatic carbocycles. The quantitative estimate of drug-likeness (QED) is 0.733. The van der Waals surface area contributed by atoms with Crippen molar-refractivity contribution in [2.24, 2.45) is 0 Å². The second-order valence-electron chi connectivity index (χ2n) is 2.63. The van der Waals surface area contributed by atoms with Crippen molar-refractivity contribution in [2.75, 3.05) is 13.2 Å². The molecule has 1 aromatic rings. The average molecular weight is 276 g/mol. The van der Waals surface area contributed by atoms with Gasteiger partial charge in [-0.3, -0.25) is 0 Å². The minimum atomic E-state index is -0.139. The molecular weight excluding hydrogens is 267 g/mol. The number of hydrogen-bond donors (Lipinski definition) is 0. The van der Waals surface area contributed by atoms with Crippen LogP contribution in [0.5, 0.6) is 0 Å². The maximum absolute atomic E-state index is 5.37. The number of ether oxygens (including phenoxy) is 2. The van der Waals surface area contributed by atoms with Gasteiger partial charge in [0, 0.05) is 9.13 Å². The summed E-state index contributed by atoms with van der Waals surface area (Å²) < 4.78 is 11.9. The molecule has 0 amide bonds. The van der Waals surface area contributed by atoms with Gasteiger partial charge in [-0.2, -0.15) is 0 Å². The smallest absolute Gasteiger partial charge is 0.184 e. The van der Waals surface area contributed by atoms with Crippen molar-refractivity contribution in [3.05, 3.63) is 33.4 Å². The van der Waals surface area contributed by atoms with Crippen LogP contribution in [0.15, 0.2) is 24.3 Å². The molecule has 0 aromatic heterocycles. The van der Waals surface area contributed by atoms with Gasteiger partial charge in [-0.05, 0) is 34.7 Å². The second-order valence-corrected chi connectivity index (χ2v) is 3.87. The average Bonchev–Trinajstić information content (AvgIpc) is 2.56. The van der Waals surface area contributed by atoms with Crippen molar-refractivity contribution >= 4 is 22.6 Å². The van der Waals surface area contributed by atoms with Gasteiger partial charge >= 0.3 is 0 Å². The zero-order valence-electron chi connectivity index (χ0n) is 6.50. The predicted molar refractivity (Wildman–Crippen MR) is 53.8 cm³/mol.